The second kappa shape index (κ2) is 9.28. The van der Waals surface area contributed by atoms with Crippen molar-refractivity contribution >= 4 is 33.2 Å². The van der Waals surface area contributed by atoms with E-state index < -0.39 is 10.0 Å². The van der Waals surface area contributed by atoms with Crippen LogP contribution >= 0.6 is 11.6 Å². The van der Waals surface area contributed by atoms with Crippen LogP contribution in [0.1, 0.15) is 43.7 Å². The van der Waals surface area contributed by atoms with Crippen molar-refractivity contribution in [1.29, 1.82) is 0 Å². The topological polar surface area (TPSA) is 66.5 Å². The van der Waals surface area contributed by atoms with Gasteiger partial charge in [-0.25, -0.2) is 12.7 Å². The molecule has 1 N–H and O–H groups in total. The minimum Gasteiger partial charge on any atom is -0.326 e. The summed E-state index contributed by atoms with van der Waals surface area (Å²) in [6.07, 6.45) is 1.33. The van der Waals surface area contributed by atoms with Crippen LogP contribution in [0.2, 0.25) is 5.02 Å². The summed E-state index contributed by atoms with van der Waals surface area (Å²) in [4.78, 5) is 12.7. The van der Waals surface area contributed by atoms with Gasteiger partial charge in [0.25, 0.3) is 0 Å². The van der Waals surface area contributed by atoms with E-state index in [4.69, 9.17) is 11.6 Å². The maximum Gasteiger partial charge on any atom is 0.228 e. The number of nitrogens with zero attached hydrogens (tertiary/aromatic N) is 1. The van der Waals surface area contributed by atoms with E-state index in [0.717, 1.165) is 5.69 Å². The molecule has 156 valence electrons. The minimum absolute atomic E-state index is 0.139. The van der Waals surface area contributed by atoms with E-state index >= 15 is 0 Å². The number of rotatable bonds is 6. The van der Waals surface area contributed by atoms with Crippen molar-refractivity contribution in [3.63, 3.8) is 0 Å². The average Bonchev–Trinajstić information content (AvgIpc) is 2.70. The number of carbonyl (C=O) groups is 1. The first kappa shape index (κ1) is 21.8. The molecule has 1 aliphatic rings. The highest BCUT2D eigenvalue weighted by Gasteiger charge is 2.32. The maximum absolute atomic E-state index is 12.9. The molecule has 0 radical (unpaired) electrons. The van der Waals surface area contributed by atoms with E-state index in [9.17, 15) is 13.2 Å². The summed E-state index contributed by atoms with van der Waals surface area (Å²) >= 11 is 6.12. The van der Waals surface area contributed by atoms with E-state index in [0.29, 0.717) is 35.9 Å². The van der Waals surface area contributed by atoms with Crippen molar-refractivity contribution in [3.8, 4) is 0 Å². The summed E-state index contributed by atoms with van der Waals surface area (Å²) in [5.41, 5.74) is 2.51. The van der Waals surface area contributed by atoms with Crippen LogP contribution in [0.25, 0.3) is 0 Å². The zero-order chi connectivity index (χ0) is 21.0. The molecule has 7 heteroatoms. The number of halogens is 1. The second-order valence-corrected chi connectivity index (χ2v) is 10.2. The standard InChI is InChI=1S/C22H27ClN2O3S/c1-16(2)17-9-11-20(12-10-17)24-22(26)18-7-5-13-25(14-18)29(27,28)15-19-6-3-4-8-21(19)23/h3-4,6,8-12,16,18H,5,7,13-15H2,1-2H3,(H,24,26)/t18-/m0/s1. The molecule has 0 aliphatic carbocycles. The maximum atomic E-state index is 12.9. The van der Waals surface area contributed by atoms with Gasteiger partial charge >= 0.3 is 0 Å². The van der Waals surface area contributed by atoms with Gasteiger partial charge < -0.3 is 5.32 Å². The fourth-order valence-electron chi connectivity index (χ4n) is 3.51. The fourth-order valence-corrected chi connectivity index (χ4v) is 5.43. The van der Waals surface area contributed by atoms with Gasteiger partial charge in [-0.15, -0.1) is 0 Å². The van der Waals surface area contributed by atoms with Gasteiger partial charge in [-0.2, -0.15) is 0 Å². The van der Waals surface area contributed by atoms with Gasteiger partial charge in [0.05, 0.1) is 11.7 Å². The van der Waals surface area contributed by atoms with Crippen molar-refractivity contribution in [2.75, 3.05) is 18.4 Å². The smallest absolute Gasteiger partial charge is 0.228 e. The molecule has 29 heavy (non-hydrogen) atoms. The molecule has 2 aromatic rings. The van der Waals surface area contributed by atoms with Crippen LogP contribution in [0.4, 0.5) is 5.69 Å². The summed E-state index contributed by atoms with van der Waals surface area (Å²) in [5.74, 6) is -0.234. The molecular formula is C22H27ClN2O3S. The Bertz CT molecular complexity index is 958. The number of nitrogens with one attached hydrogen (secondary N) is 1. The van der Waals surface area contributed by atoms with E-state index in [1.165, 1.54) is 9.87 Å². The molecule has 5 nitrogen and oxygen atoms in total. The first-order chi connectivity index (χ1) is 13.8. The molecule has 0 spiro atoms. The van der Waals surface area contributed by atoms with Gasteiger partial charge in [-0.05, 0) is 48.1 Å². The Kier molecular flexibility index (Phi) is 6.98. The van der Waals surface area contributed by atoms with Crippen LogP contribution < -0.4 is 5.32 Å². The first-order valence-electron chi connectivity index (χ1n) is 9.88. The Morgan fingerprint density at radius 2 is 1.86 bits per heavy atom. The summed E-state index contributed by atoms with van der Waals surface area (Å²) in [6, 6.07) is 14.7. The van der Waals surface area contributed by atoms with Crippen molar-refractivity contribution in [3.05, 3.63) is 64.7 Å². The molecule has 1 amide bonds. The molecule has 0 aromatic heterocycles. The Morgan fingerprint density at radius 1 is 1.17 bits per heavy atom. The zero-order valence-corrected chi connectivity index (χ0v) is 18.3. The monoisotopic (exact) mass is 434 g/mol. The number of hydrogen-bond acceptors (Lipinski definition) is 3. The highest BCUT2D eigenvalue weighted by molar-refractivity contribution is 7.88. The highest BCUT2D eigenvalue weighted by atomic mass is 35.5. The van der Waals surface area contributed by atoms with Gasteiger partial charge in [0.1, 0.15) is 0 Å². The van der Waals surface area contributed by atoms with Crippen LogP contribution in [0, 0.1) is 5.92 Å². The number of sulfonamides is 1. The SMILES string of the molecule is CC(C)c1ccc(NC(=O)[C@H]2CCCN(S(=O)(=O)Cc3ccccc3Cl)C2)cc1. The molecule has 1 heterocycles. The molecule has 0 saturated carbocycles. The summed E-state index contributed by atoms with van der Waals surface area (Å²) in [7, 11) is -3.54. The molecule has 0 unspecified atom stereocenters. The van der Waals surface area contributed by atoms with E-state index in [-0.39, 0.29) is 24.1 Å². The Labute approximate surface area is 178 Å². The lowest BCUT2D eigenvalue weighted by Gasteiger charge is -2.31. The zero-order valence-electron chi connectivity index (χ0n) is 16.8. The number of hydrogen-bond donors (Lipinski definition) is 1. The van der Waals surface area contributed by atoms with Crippen molar-refractivity contribution < 1.29 is 13.2 Å². The third-order valence-electron chi connectivity index (χ3n) is 5.29. The van der Waals surface area contributed by atoms with Crippen LogP contribution in [-0.4, -0.2) is 31.7 Å². The van der Waals surface area contributed by atoms with Gasteiger partial charge in [-0.3, -0.25) is 4.79 Å². The van der Waals surface area contributed by atoms with Crippen molar-refractivity contribution in [2.24, 2.45) is 5.92 Å². The summed E-state index contributed by atoms with van der Waals surface area (Å²) in [6.45, 7) is 4.86. The number of anilines is 1. The molecule has 0 bridgehead atoms. The summed E-state index contributed by atoms with van der Waals surface area (Å²) < 4.78 is 27.2. The molecule has 1 atom stereocenters. The van der Waals surface area contributed by atoms with Gasteiger partial charge in [0.2, 0.25) is 15.9 Å². The molecule has 1 aliphatic heterocycles. The van der Waals surface area contributed by atoms with Gasteiger partial charge in [0, 0.05) is 23.8 Å². The van der Waals surface area contributed by atoms with Crippen LogP contribution in [0.5, 0.6) is 0 Å². The third-order valence-corrected chi connectivity index (χ3v) is 7.45. The normalized spacial score (nSPS) is 18.0. The van der Waals surface area contributed by atoms with Crippen LogP contribution in [-0.2, 0) is 20.6 Å². The minimum atomic E-state index is -3.54. The lowest BCUT2D eigenvalue weighted by molar-refractivity contribution is -0.120. The number of benzene rings is 2. The molecule has 3 rings (SSSR count). The van der Waals surface area contributed by atoms with Crippen molar-refractivity contribution in [2.45, 2.75) is 38.4 Å². The van der Waals surface area contributed by atoms with E-state index in [1.54, 1.807) is 24.3 Å². The average molecular weight is 435 g/mol. The molecule has 1 fully saturated rings. The predicted octanol–water partition coefficient (Wildman–Crippen LogP) is 4.64. The Morgan fingerprint density at radius 3 is 2.52 bits per heavy atom. The van der Waals surface area contributed by atoms with Crippen LogP contribution in [0.3, 0.4) is 0 Å². The largest absolute Gasteiger partial charge is 0.326 e. The second-order valence-electron chi connectivity index (χ2n) is 7.81. The van der Waals surface area contributed by atoms with E-state index in [2.05, 4.69) is 19.2 Å². The van der Waals surface area contributed by atoms with Crippen LogP contribution in [0.15, 0.2) is 48.5 Å². The third kappa shape index (κ3) is 5.59. The highest BCUT2D eigenvalue weighted by Crippen LogP contribution is 2.25. The summed E-state index contributed by atoms with van der Waals surface area (Å²) in [5, 5.41) is 3.36. The number of piperidine rings is 1. The molecule has 1 saturated heterocycles. The first-order valence-corrected chi connectivity index (χ1v) is 11.9. The quantitative estimate of drug-likeness (QED) is 0.719. The lowest BCUT2D eigenvalue weighted by atomic mass is 9.98. The predicted molar refractivity (Wildman–Crippen MR) is 118 cm³/mol. The lowest BCUT2D eigenvalue weighted by Crippen LogP contribution is -2.44. The van der Waals surface area contributed by atoms with Crippen molar-refractivity contribution in [1.82, 2.24) is 4.31 Å². The Hall–Kier alpha value is -1.89. The van der Waals surface area contributed by atoms with Gasteiger partial charge in [0.15, 0.2) is 0 Å². The number of carbonyl (C=O) groups excluding carboxylic acids is 1. The van der Waals surface area contributed by atoms with Gasteiger partial charge in [-0.1, -0.05) is 55.8 Å². The molecule has 2 aromatic carbocycles. The molecular weight excluding hydrogens is 408 g/mol. The number of amides is 1. The van der Waals surface area contributed by atoms with E-state index in [1.807, 2.05) is 24.3 Å². The fraction of sp³-hybridized carbons (Fsp3) is 0.409. The Balaban J connectivity index is 1.64.